The molecule has 1 heterocycles. The van der Waals surface area contributed by atoms with Gasteiger partial charge in [0.15, 0.2) is 0 Å². The molecule has 1 aromatic heterocycles. The van der Waals surface area contributed by atoms with E-state index in [0.29, 0.717) is 18.1 Å². The summed E-state index contributed by atoms with van der Waals surface area (Å²) >= 11 is 0. The van der Waals surface area contributed by atoms with Gasteiger partial charge in [0, 0.05) is 30.5 Å². The van der Waals surface area contributed by atoms with E-state index in [9.17, 15) is 4.79 Å². The summed E-state index contributed by atoms with van der Waals surface area (Å²) in [6.07, 6.45) is 2.61. The highest BCUT2D eigenvalue weighted by Gasteiger charge is 2.12. The van der Waals surface area contributed by atoms with Gasteiger partial charge in [-0.1, -0.05) is 19.1 Å². The van der Waals surface area contributed by atoms with Crippen LogP contribution in [-0.4, -0.2) is 37.8 Å². The molecule has 0 aliphatic carbocycles. The molecular weight excluding hydrogens is 304 g/mol. The van der Waals surface area contributed by atoms with E-state index in [1.165, 1.54) is 0 Å². The van der Waals surface area contributed by atoms with E-state index in [2.05, 4.69) is 10.3 Å². The Balaban J connectivity index is 2.14. The van der Waals surface area contributed by atoms with E-state index >= 15 is 0 Å². The van der Waals surface area contributed by atoms with Crippen LogP contribution in [-0.2, 0) is 4.74 Å². The van der Waals surface area contributed by atoms with Crippen molar-refractivity contribution in [1.82, 2.24) is 10.3 Å². The maximum atomic E-state index is 12.3. The third kappa shape index (κ3) is 4.32. The third-order valence-electron chi connectivity index (χ3n) is 3.95. The van der Waals surface area contributed by atoms with Gasteiger partial charge in [0.2, 0.25) is 5.88 Å². The van der Waals surface area contributed by atoms with Crippen molar-refractivity contribution in [2.75, 3.05) is 20.8 Å². The molecule has 2 aromatic rings. The highest BCUT2D eigenvalue weighted by molar-refractivity contribution is 5.94. The topological polar surface area (TPSA) is 60.5 Å². The molecule has 128 valence electrons. The summed E-state index contributed by atoms with van der Waals surface area (Å²) in [6, 6.07) is 9.44. The van der Waals surface area contributed by atoms with E-state index in [4.69, 9.17) is 9.47 Å². The molecule has 0 saturated heterocycles. The molecule has 0 aliphatic heterocycles. The fourth-order valence-corrected chi connectivity index (χ4v) is 2.48. The Kier molecular flexibility index (Phi) is 6.32. The van der Waals surface area contributed by atoms with Crippen molar-refractivity contribution in [3.63, 3.8) is 0 Å². The number of hydrogen-bond acceptors (Lipinski definition) is 4. The van der Waals surface area contributed by atoms with E-state index in [1.54, 1.807) is 20.4 Å². The van der Waals surface area contributed by atoms with Crippen molar-refractivity contribution in [2.45, 2.75) is 26.3 Å². The second kappa shape index (κ2) is 8.45. The molecule has 0 bridgehead atoms. The van der Waals surface area contributed by atoms with Crippen LogP contribution in [0.15, 0.2) is 36.5 Å². The van der Waals surface area contributed by atoms with Gasteiger partial charge in [0.25, 0.3) is 5.91 Å². The van der Waals surface area contributed by atoms with E-state index in [-0.39, 0.29) is 11.9 Å². The van der Waals surface area contributed by atoms with Crippen LogP contribution >= 0.6 is 0 Å². The number of rotatable bonds is 7. The fraction of sp³-hybridized carbons (Fsp3) is 0.368. The minimum absolute atomic E-state index is 0.0233. The lowest BCUT2D eigenvalue weighted by Gasteiger charge is -2.16. The molecule has 0 radical (unpaired) electrons. The molecule has 0 spiro atoms. The maximum Gasteiger partial charge on any atom is 0.251 e. The Bertz CT molecular complexity index is 684. The molecule has 24 heavy (non-hydrogen) atoms. The zero-order valence-corrected chi connectivity index (χ0v) is 14.6. The zero-order valence-electron chi connectivity index (χ0n) is 14.6. The Morgan fingerprint density at radius 3 is 2.50 bits per heavy atom. The predicted octanol–water partition coefficient (Wildman–Crippen LogP) is 3.22. The first-order valence-electron chi connectivity index (χ1n) is 7.99. The largest absolute Gasteiger partial charge is 0.481 e. The number of ether oxygens (including phenoxy) is 2. The molecule has 0 aliphatic rings. The summed E-state index contributed by atoms with van der Waals surface area (Å²) in [5.41, 5.74) is 3.74. The summed E-state index contributed by atoms with van der Waals surface area (Å²) in [5.74, 6) is 0.506. The Hall–Kier alpha value is -2.40. The number of hydrogen-bond donors (Lipinski definition) is 1. The van der Waals surface area contributed by atoms with Gasteiger partial charge in [-0.15, -0.1) is 0 Å². The van der Waals surface area contributed by atoms with Gasteiger partial charge in [-0.2, -0.15) is 0 Å². The van der Waals surface area contributed by atoms with Gasteiger partial charge >= 0.3 is 0 Å². The number of aryl methyl sites for hydroxylation is 1. The molecular formula is C19H24N2O3. The second-order valence-electron chi connectivity index (χ2n) is 5.65. The summed E-state index contributed by atoms with van der Waals surface area (Å²) in [7, 11) is 3.23. The van der Waals surface area contributed by atoms with Crippen LogP contribution in [0.4, 0.5) is 0 Å². The summed E-state index contributed by atoms with van der Waals surface area (Å²) < 4.78 is 10.2. The number of carbonyl (C=O) groups excluding carboxylic acids is 1. The van der Waals surface area contributed by atoms with Crippen LogP contribution < -0.4 is 10.1 Å². The predicted molar refractivity (Wildman–Crippen MR) is 94.4 cm³/mol. The average Bonchev–Trinajstić information content (AvgIpc) is 2.61. The first-order chi connectivity index (χ1) is 11.6. The minimum atomic E-state index is -0.0879. The van der Waals surface area contributed by atoms with Crippen molar-refractivity contribution in [3.05, 3.63) is 47.7 Å². The Morgan fingerprint density at radius 1 is 1.25 bits per heavy atom. The lowest BCUT2D eigenvalue weighted by Crippen LogP contribution is -2.37. The maximum absolute atomic E-state index is 12.3. The Morgan fingerprint density at radius 2 is 1.96 bits per heavy atom. The quantitative estimate of drug-likeness (QED) is 0.848. The van der Waals surface area contributed by atoms with Crippen LogP contribution in [0.3, 0.4) is 0 Å². The van der Waals surface area contributed by atoms with Crippen molar-refractivity contribution >= 4 is 5.91 Å². The van der Waals surface area contributed by atoms with Crippen molar-refractivity contribution < 1.29 is 14.3 Å². The van der Waals surface area contributed by atoms with Crippen molar-refractivity contribution in [3.8, 4) is 17.0 Å². The van der Waals surface area contributed by atoms with Crippen LogP contribution in [0.1, 0.15) is 29.3 Å². The molecule has 1 aromatic carbocycles. The fourth-order valence-electron chi connectivity index (χ4n) is 2.48. The van der Waals surface area contributed by atoms with E-state index in [1.807, 2.05) is 44.2 Å². The molecule has 1 N–H and O–H groups in total. The van der Waals surface area contributed by atoms with Gasteiger partial charge in [-0.3, -0.25) is 4.79 Å². The third-order valence-corrected chi connectivity index (χ3v) is 3.95. The molecule has 0 fully saturated rings. The van der Waals surface area contributed by atoms with Crippen LogP contribution in [0.25, 0.3) is 11.1 Å². The lowest BCUT2D eigenvalue weighted by molar-refractivity contribution is 0.0894. The summed E-state index contributed by atoms with van der Waals surface area (Å²) in [6.45, 7) is 4.54. The molecule has 0 saturated carbocycles. The molecule has 0 unspecified atom stereocenters. The highest BCUT2D eigenvalue weighted by atomic mass is 16.5. The average molecular weight is 328 g/mol. The molecule has 1 atom stereocenters. The first kappa shape index (κ1) is 17.9. The SMILES string of the molecule is CC[C@@H](COC)NC(=O)c1ccc(-c2cnc(OC)cc2C)cc1. The van der Waals surface area contributed by atoms with E-state index < -0.39 is 0 Å². The second-order valence-corrected chi connectivity index (χ2v) is 5.65. The highest BCUT2D eigenvalue weighted by Crippen LogP contribution is 2.25. The molecule has 2 rings (SSSR count). The lowest BCUT2D eigenvalue weighted by atomic mass is 10.0. The van der Waals surface area contributed by atoms with Crippen LogP contribution in [0.2, 0.25) is 0 Å². The smallest absolute Gasteiger partial charge is 0.251 e. The van der Waals surface area contributed by atoms with Gasteiger partial charge in [-0.25, -0.2) is 4.98 Å². The number of amides is 1. The molecule has 5 heteroatoms. The Labute approximate surface area is 143 Å². The monoisotopic (exact) mass is 328 g/mol. The summed E-state index contributed by atoms with van der Waals surface area (Å²) in [4.78, 5) is 16.5. The summed E-state index contributed by atoms with van der Waals surface area (Å²) in [5, 5.41) is 2.98. The van der Waals surface area contributed by atoms with Gasteiger partial charge < -0.3 is 14.8 Å². The minimum Gasteiger partial charge on any atom is -0.481 e. The number of aromatic nitrogens is 1. The van der Waals surface area contributed by atoms with Crippen molar-refractivity contribution in [1.29, 1.82) is 0 Å². The normalized spacial score (nSPS) is 11.8. The number of nitrogens with zero attached hydrogens (tertiary/aromatic N) is 1. The van der Waals surface area contributed by atoms with Gasteiger partial charge in [0.1, 0.15) is 0 Å². The molecule has 1 amide bonds. The number of carbonyl (C=O) groups is 1. The standard InChI is InChI=1S/C19H24N2O3/c1-5-16(12-23-3)21-19(22)15-8-6-14(7-9-15)17-11-20-18(24-4)10-13(17)2/h6-11,16H,5,12H2,1-4H3,(H,21,22)/t16-/m0/s1. The number of benzene rings is 1. The number of nitrogens with one attached hydrogen (secondary N) is 1. The van der Waals surface area contributed by atoms with Crippen LogP contribution in [0.5, 0.6) is 5.88 Å². The first-order valence-corrected chi connectivity index (χ1v) is 7.99. The zero-order chi connectivity index (χ0) is 17.5. The van der Waals surface area contributed by atoms with E-state index in [0.717, 1.165) is 23.1 Å². The molecule has 5 nitrogen and oxygen atoms in total. The number of methoxy groups -OCH3 is 2. The van der Waals surface area contributed by atoms with Gasteiger partial charge in [0.05, 0.1) is 19.8 Å². The number of pyridine rings is 1. The van der Waals surface area contributed by atoms with Gasteiger partial charge in [-0.05, 0) is 36.6 Å². The van der Waals surface area contributed by atoms with Crippen LogP contribution in [0, 0.1) is 6.92 Å². The van der Waals surface area contributed by atoms with Crippen molar-refractivity contribution in [2.24, 2.45) is 0 Å².